The van der Waals surface area contributed by atoms with E-state index in [2.05, 4.69) is 5.32 Å². The van der Waals surface area contributed by atoms with E-state index in [9.17, 15) is 18.0 Å². The smallest absolute Gasteiger partial charge is 0.417 e. The van der Waals surface area contributed by atoms with Crippen LogP contribution in [-0.2, 0) is 10.9 Å². The standard InChI is InChI=1S/C16H19ClF3NO2/c1-15(2,3)23-14(22)21-9-5-4-6-11-7-8-12(13(17)10-11)16(18,19)20/h4,6-8,10H,5,9H2,1-3H3,(H,21,22). The number of halogens is 4. The van der Waals surface area contributed by atoms with Crippen LogP contribution in [0, 0.1) is 0 Å². The Balaban J connectivity index is 2.47. The molecule has 1 aromatic carbocycles. The second-order valence-corrected chi connectivity index (χ2v) is 6.26. The van der Waals surface area contributed by atoms with Gasteiger partial charge in [-0.1, -0.05) is 29.8 Å². The molecule has 0 heterocycles. The molecule has 1 aromatic rings. The highest BCUT2D eigenvalue weighted by Gasteiger charge is 2.32. The summed E-state index contributed by atoms with van der Waals surface area (Å²) in [6.07, 6.45) is -1.09. The van der Waals surface area contributed by atoms with Gasteiger partial charge in [0.1, 0.15) is 5.60 Å². The number of hydrogen-bond donors (Lipinski definition) is 1. The summed E-state index contributed by atoms with van der Waals surface area (Å²) in [5.74, 6) is 0. The van der Waals surface area contributed by atoms with Crippen molar-refractivity contribution in [2.45, 2.75) is 39.0 Å². The lowest BCUT2D eigenvalue weighted by atomic mass is 10.1. The van der Waals surface area contributed by atoms with Crippen LogP contribution in [0.15, 0.2) is 24.3 Å². The van der Waals surface area contributed by atoms with Gasteiger partial charge in [-0.3, -0.25) is 0 Å². The maximum atomic E-state index is 12.6. The van der Waals surface area contributed by atoms with Crippen molar-refractivity contribution < 1.29 is 22.7 Å². The summed E-state index contributed by atoms with van der Waals surface area (Å²) >= 11 is 5.63. The van der Waals surface area contributed by atoms with Crippen LogP contribution >= 0.6 is 11.6 Å². The summed E-state index contributed by atoms with van der Waals surface area (Å²) in [7, 11) is 0. The van der Waals surface area contributed by atoms with Crippen LogP contribution in [0.2, 0.25) is 5.02 Å². The third kappa shape index (κ3) is 7.41. The van der Waals surface area contributed by atoms with Crippen molar-refractivity contribution in [3.63, 3.8) is 0 Å². The van der Waals surface area contributed by atoms with Gasteiger partial charge in [0, 0.05) is 6.54 Å². The van der Waals surface area contributed by atoms with Crippen molar-refractivity contribution in [3.8, 4) is 0 Å². The van der Waals surface area contributed by atoms with E-state index >= 15 is 0 Å². The van der Waals surface area contributed by atoms with E-state index in [0.717, 1.165) is 6.07 Å². The van der Waals surface area contributed by atoms with Gasteiger partial charge in [0.2, 0.25) is 0 Å². The zero-order chi connectivity index (χ0) is 17.7. The van der Waals surface area contributed by atoms with Crippen LogP contribution < -0.4 is 5.32 Å². The lowest BCUT2D eigenvalue weighted by Gasteiger charge is -2.19. The number of ether oxygens (including phenoxy) is 1. The van der Waals surface area contributed by atoms with Crippen LogP contribution in [0.25, 0.3) is 6.08 Å². The second-order valence-electron chi connectivity index (χ2n) is 5.86. The number of alkyl halides is 3. The summed E-state index contributed by atoms with van der Waals surface area (Å²) in [6, 6.07) is 3.54. The fourth-order valence-electron chi connectivity index (χ4n) is 1.66. The molecule has 0 fully saturated rings. The fraction of sp³-hybridized carbons (Fsp3) is 0.438. The van der Waals surface area contributed by atoms with Gasteiger partial charge in [-0.15, -0.1) is 0 Å². The van der Waals surface area contributed by atoms with Crippen molar-refractivity contribution >= 4 is 23.8 Å². The minimum atomic E-state index is -4.46. The molecule has 7 heteroatoms. The quantitative estimate of drug-likeness (QED) is 0.750. The van der Waals surface area contributed by atoms with Gasteiger partial charge in [-0.2, -0.15) is 13.2 Å². The number of carbonyl (C=O) groups is 1. The lowest BCUT2D eigenvalue weighted by Crippen LogP contribution is -2.32. The molecule has 128 valence electrons. The van der Waals surface area contributed by atoms with E-state index in [1.807, 2.05) is 0 Å². The summed E-state index contributed by atoms with van der Waals surface area (Å²) in [5.41, 5.74) is -0.861. The molecule has 1 rings (SSSR count). The molecule has 1 N–H and O–H groups in total. The first kappa shape index (κ1) is 19.4. The van der Waals surface area contributed by atoms with Gasteiger partial charge >= 0.3 is 12.3 Å². The molecule has 0 bridgehead atoms. The summed E-state index contributed by atoms with van der Waals surface area (Å²) in [4.78, 5) is 11.4. The molecule has 0 aliphatic heterocycles. The van der Waals surface area contributed by atoms with Crippen molar-refractivity contribution in [2.24, 2.45) is 0 Å². The number of alkyl carbamates (subject to hydrolysis) is 1. The third-order valence-electron chi connectivity index (χ3n) is 2.59. The first-order chi connectivity index (χ1) is 10.5. The Morgan fingerprint density at radius 2 is 1.96 bits per heavy atom. The molecule has 3 nitrogen and oxygen atoms in total. The number of hydrogen-bond acceptors (Lipinski definition) is 2. The Hall–Kier alpha value is -1.69. The number of benzene rings is 1. The van der Waals surface area contributed by atoms with Crippen LogP contribution in [0.5, 0.6) is 0 Å². The maximum Gasteiger partial charge on any atom is 0.417 e. The Morgan fingerprint density at radius 1 is 1.30 bits per heavy atom. The second kappa shape index (κ2) is 7.73. The molecule has 0 spiro atoms. The van der Waals surface area contributed by atoms with E-state index in [0.29, 0.717) is 18.5 Å². The Kier molecular flexibility index (Phi) is 6.50. The molecule has 0 aliphatic rings. The fourth-order valence-corrected chi connectivity index (χ4v) is 1.95. The number of nitrogens with one attached hydrogen (secondary N) is 1. The molecule has 0 aliphatic carbocycles. The molecule has 0 atom stereocenters. The largest absolute Gasteiger partial charge is 0.444 e. The topological polar surface area (TPSA) is 38.3 Å². The highest BCUT2D eigenvalue weighted by atomic mass is 35.5. The van der Waals surface area contributed by atoms with Crippen LogP contribution in [0.4, 0.5) is 18.0 Å². The third-order valence-corrected chi connectivity index (χ3v) is 2.90. The molecule has 0 saturated carbocycles. The maximum absolute atomic E-state index is 12.6. The highest BCUT2D eigenvalue weighted by molar-refractivity contribution is 6.31. The first-order valence-corrected chi connectivity index (χ1v) is 7.37. The Morgan fingerprint density at radius 3 is 2.48 bits per heavy atom. The van der Waals surface area contributed by atoms with Gasteiger partial charge in [0.15, 0.2) is 0 Å². The molecular weight excluding hydrogens is 331 g/mol. The average molecular weight is 350 g/mol. The van der Waals surface area contributed by atoms with Crippen LogP contribution in [-0.4, -0.2) is 18.2 Å². The van der Waals surface area contributed by atoms with Gasteiger partial charge < -0.3 is 10.1 Å². The van der Waals surface area contributed by atoms with Crippen LogP contribution in [0.1, 0.15) is 38.3 Å². The van der Waals surface area contributed by atoms with Crippen molar-refractivity contribution in [3.05, 3.63) is 40.4 Å². The Bertz CT molecular complexity index is 578. The molecular formula is C16H19ClF3NO2. The number of carbonyl (C=O) groups excluding carboxylic acids is 1. The predicted molar refractivity (Wildman–Crippen MR) is 84.3 cm³/mol. The minimum absolute atomic E-state index is 0.341. The summed E-state index contributed by atoms with van der Waals surface area (Å²) < 4.78 is 42.8. The zero-order valence-electron chi connectivity index (χ0n) is 13.1. The molecule has 1 amide bonds. The predicted octanol–water partition coefficient (Wildman–Crippen LogP) is 5.29. The molecule has 0 radical (unpaired) electrons. The summed E-state index contributed by atoms with van der Waals surface area (Å²) in [5, 5.41) is 2.24. The van der Waals surface area contributed by atoms with E-state index < -0.39 is 23.4 Å². The SMILES string of the molecule is CC(C)(C)OC(=O)NCCC=Cc1ccc(C(F)(F)F)c(Cl)c1. The number of amides is 1. The summed E-state index contributed by atoms with van der Waals surface area (Å²) in [6.45, 7) is 5.66. The van der Waals surface area contributed by atoms with Crippen molar-refractivity contribution in [2.75, 3.05) is 6.54 Å². The molecule has 0 aromatic heterocycles. The highest BCUT2D eigenvalue weighted by Crippen LogP contribution is 2.35. The van der Waals surface area contributed by atoms with Crippen molar-refractivity contribution in [1.82, 2.24) is 5.32 Å². The first-order valence-electron chi connectivity index (χ1n) is 6.99. The van der Waals surface area contributed by atoms with Gasteiger partial charge in [-0.05, 0) is 44.9 Å². The van der Waals surface area contributed by atoms with Gasteiger partial charge in [0.05, 0.1) is 10.6 Å². The van der Waals surface area contributed by atoms with Crippen LogP contribution in [0.3, 0.4) is 0 Å². The molecule has 23 heavy (non-hydrogen) atoms. The van der Waals surface area contributed by atoms with E-state index in [1.54, 1.807) is 32.9 Å². The van der Waals surface area contributed by atoms with Crippen molar-refractivity contribution in [1.29, 1.82) is 0 Å². The number of rotatable bonds is 4. The molecule has 0 unspecified atom stereocenters. The van der Waals surface area contributed by atoms with E-state index in [-0.39, 0.29) is 5.02 Å². The Labute approximate surface area is 138 Å². The van der Waals surface area contributed by atoms with Gasteiger partial charge in [0.25, 0.3) is 0 Å². The van der Waals surface area contributed by atoms with E-state index in [1.165, 1.54) is 12.1 Å². The normalized spacial score (nSPS) is 12.5. The molecule has 0 saturated heterocycles. The minimum Gasteiger partial charge on any atom is -0.444 e. The van der Waals surface area contributed by atoms with E-state index in [4.69, 9.17) is 16.3 Å². The average Bonchev–Trinajstić information content (AvgIpc) is 2.34. The monoisotopic (exact) mass is 349 g/mol. The lowest BCUT2D eigenvalue weighted by molar-refractivity contribution is -0.137. The van der Waals surface area contributed by atoms with Gasteiger partial charge in [-0.25, -0.2) is 4.79 Å². The zero-order valence-corrected chi connectivity index (χ0v) is 13.9.